The Bertz CT molecular complexity index is 359. The molecule has 1 aromatic rings. The van der Waals surface area contributed by atoms with Crippen molar-refractivity contribution in [1.82, 2.24) is 10.3 Å². The lowest BCUT2D eigenvalue weighted by molar-refractivity contribution is 0.0912. The Labute approximate surface area is 104 Å². The average Bonchev–Trinajstić information content (AvgIpc) is 2.58. The fourth-order valence-electron chi connectivity index (χ4n) is 1.11. The number of aliphatic hydroxyl groups is 1. The zero-order chi connectivity index (χ0) is 12.3. The van der Waals surface area contributed by atoms with E-state index >= 15 is 0 Å². The lowest BCUT2D eigenvalue weighted by atomic mass is 10.1. The van der Waals surface area contributed by atoms with Crippen LogP contribution in [0.2, 0.25) is 10.2 Å². The fraction of sp³-hybridized carbons (Fsp3) is 0.500. The summed E-state index contributed by atoms with van der Waals surface area (Å²) in [5, 5.41) is 12.2. The molecule has 0 fully saturated rings. The standard InChI is InChI=1S/C10H14Cl2N2O2/c1-5(4-15)6(2)13-10(16)8-3-7(11)9(12)14-8/h3,5-6,14-15H,4H2,1-2H3,(H,13,16). The third-order valence-electron chi connectivity index (χ3n) is 2.47. The Morgan fingerprint density at radius 1 is 1.56 bits per heavy atom. The van der Waals surface area contributed by atoms with E-state index in [0.717, 1.165) is 0 Å². The van der Waals surface area contributed by atoms with Crippen LogP contribution in [0, 0.1) is 5.92 Å². The van der Waals surface area contributed by atoms with Gasteiger partial charge in [0.25, 0.3) is 5.91 Å². The summed E-state index contributed by atoms with van der Waals surface area (Å²) in [4.78, 5) is 14.4. The van der Waals surface area contributed by atoms with Gasteiger partial charge in [-0.3, -0.25) is 4.79 Å². The minimum absolute atomic E-state index is 0.00939. The lowest BCUT2D eigenvalue weighted by Gasteiger charge is -2.18. The molecule has 0 aromatic carbocycles. The van der Waals surface area contributed by atoms with Crippen LogP contribution in [-0.2, 0) is 0 Å². The van der Waals surface area contributed by atoms with E-state index in [1.165, 1.54) is 6.07 Å². The summed E-state index contributed by atoms with van der Waals surface area (Å²) in [6, 6.07) is 1.34. The molecule has 1 aromatic heterocycles. The molecule has 0 saturated carbocycles. The third-order valence-corrected chi connectivity index (χ3v) is 3.16. The molecule has 3 N–H and O–H groups in total. The van der Waals surface area contributed by atoms with Crippen LogP contribution < -0.4 is 5.32 Å². The number of H-pyrrole nitrogens is 1. The number of carbonyl (C=O) groups excluding carboxylic acids is 1. The molecule has 0 bridgehead atoms. The van der Waals surface area contributed by atoms with Crippen molar-refractivity contribution in [1.29, 1.82) is 0 Å². The normalized spacial score (nSPS) is 14.6. The Balaban J connectivity index is 2.65. The van der Waals surface area contributed by atoms with E-state index in [9.17, 15) is 4.79 Å². The van der Waals surface area contributed by atoms with E-state index in [0.29, 0.717) is 10.7 Å². The number of nitrogens with one attached hydrogen (secondary N) is 2. The largest absolute Gasteiger partial charge is 0.396 e. The number of rotatable bonds is 4. The molecule has 0 saturated heterocycles. The summed E-state index contributed by atoms with van der Waals surface area (Å²) in [5.74, 6) is -0.300. The molecule has 0 spiro atoms. The Hall–Kier alpha value is -0.710. The van der Waals surface area contributed by atoms with Crippen molar-refractivity contribution in [2.45, 2.75) is 19.9 Å². The van der Waals surface area contributed by atoms with Crippen LogP contribution in [0.5, 0.6) is 0 Å². The molecule has 16 heavy (non-hydrogen) atoms. The highest BCUT2D eigenvalue weighted by molar-refractivity contribution is 6.41. The first-order chi connectivity index (χ1) is 7.45. The van der Waals surface area contributed by atoms with E-state index in [-0.39, 0.29) is 29.6 Å². The van der Waals surface area contributed by atoms with E-state index in [2.05, 4.69) is 10.3 Å². The quantitative estimate of drug-likeness (QED) is 0.780. The topological polar surface area (TPSA) is 65.1 Å². The highest BCUT2D eigenvalue weighted by atomic mass is 35.5. The van der Waals surface area contributed by atoms with Gasteiger partial charge in [0.1, 0.15) is 10.8 Å². The maximum atomic E-state index is 11.7. The van der Waals surface area contributed by atoms with Crippen molar-refractivity contribution < 1.29 is 9.90 Å². The molecule has 0 aliphatic heterocycles. The minimum Gasteiger partial charge on any atom is -0.396 e. The summed E-state index contributed by atoms with van der Waals surface area (Å²) in [6.07, 6.45) is 0. The highest BCUT2D eigenvalue weighted by Crippen LogP contribution is 2.21. The van der Waals surface area contributed by atoms with Crippen LogP contribution in [-0.4, -0.2) is 28.6 Å². The van der Waals surface area contributed by atoms with Gasteiger partial charge in [-0.1, -0.05) is 30.1 Å². The van der Waals surface area contributed by atoms with Crippen molar-refractivity contribution in [3.05, 3.63) is 21.9 Å². The van der Waals surface area contributed by atoms with Crippen LogP contribution in [0.1, 0.15) is 24.3 Å². The summed E-state index contributed by atoms with van der Waals surface area (Å²) < 4.78 is 0. The third kappa shape index (κ3) is 3.14. The van der Waals surface area contributed by atoms with E-state index in [4.69, 9.17) is 28.3 Å². The predicted molar refractivity (Wildman–Crippen MR) is 64.0 cm³/mol. The van der Waals surface area contributed by atoms with Crippen LogP contribution in [0.4, 0.5) is 0 Å². The summed E-state index contributed by atoms with van der Waals surface area (Å²) in [6.45, 7) is 3.69. The van der Waals surface area contributed by atoms with Gasteiger partial charge in [-0.15, -0.1) is 0 Å². The molecule has 2 unspecified atom stereocenters. The van der Waals surface area contributed by atoms with Gasteiger partial charge in [0.2, 0.25) is 0 Å². The molecular formula is C10H14Cl2N2O2. The molecule has 1 rings (SSSR count). The zero-order valence-corrected chi connectivity index (χ0v) is 10.6. The Morgan fingerprint density at radius 2 is 2.19 bits per heavy atom. The Kier molecular flexibility index (Phi) is 4.65. The van der Waals surface area contributed by atoms with Crippen molar-refractivity contribution in [3.63, 3.8) is 0 Å². The smallest absolute Gasteiger partial charge is 0.268 e. The fourth-order valence-corrected chi connectivity index (χ4v) is 1.42. The number of hydrogen-bond acceptors (Lipinski definition) is 2. The summed E-state index contributed by atoms with van der Waals surface area (Å²) >= 11 is 11.4. The van der Waals surface area contributed by atoms with E-state index in [1.807, 2.05) is 13.8 Å². The molecule has 4 nitrogen and oxygen atoms in total. The van der Waals surface area contributed by atoms with Gasteiger partial charge >= 0.3 is 0 Å². The molecule has 1 amide bonds. The number of aromatic nitrogens is 1. The lowest BCUT2D eigenvalue weighted by Crippen LogP contribution is -2.38. The van der Waals surface area contributed by atoms with Gasteiger partial charge in [-0.25, -0.2) is 0 Å². The molecule has 2 atom stereocenters. The van der Waals surface area contributed by atoms with E-state index in [1.54, 1.807) is 0 Å². The second-order valence-electron chi connectivity index (χ2n) is 3.77. The van der Waals surface area contributed by atoms with E-state index < -0.39 is 0 Å². The van der Waals surface area contributed by atoms with Crippen LogP contribution >= 0.6 is 23.2 Å². The molecule has 0 aliphatic carbocycles. The Morgan fingerprint density at radius 3 is 2.62 bits per heavy atom. The second-order valence-corrected chi connectivity index (χ2v) is 4.55. The van der Waals surface area contributed by atoms with Gasteiger partial charge in [0.05, 0.1) is 5.02 Å². The summed E-state index contributed by atoms with van der Waals surface area (Å²) in [5.41, 5.74) is 0.312. The number of hydrogen-bond donors (Lipinski definition) is 3. The molecule has 0 radical (unpaired) electrons. The summed E-state index contributed by atoms with van der Waals surface area (Å²) in [7, 11) is 0. The van der Waals surface area contributed by atoms with Crippen LogP contribution in [0.25, 0.3) is 0 Å². The first-order valence-electron chi connectivity index (χ1n) is 4.91. The molecular weight excluding hydrogens is 251 g/mol. The first-order valence-corrected chi connectivity index (χ1v) is 5.67. The van der Waals surface area contributed by atoms with Crippen LogP contribution in [0.15, 0.2) is 6.07 Å². The van der Waals surface area contributed by atoms with Gasteiger partial charge in [-0.05, 0) is 18.9 Å². The molecule has 90 valence electrons. The second kappa shape index (κ2) is 5.57. The first kappa shape index (κ1) is 13.4. The molecule has 6 heteroatoms. The van der Waals surface area contributed by atoms with Crippen molar-refractivity contribution >= 4 is 29.1 Å². The minimum atomic E-state index is -0.290. The van der Waals surface area contributed by atoms with Gasteiger partial charge in [-0.2, -0.15) is 0 Å². The van der Waals surface area contributed by atoms with Crippen LogP contribution in [0.3, 0.4) is 0 Å². The average molecular weight is 265 g/mol. The van der Waals surface area contributed by atoms with Crippen molar-refractivity contribution in [3.8, 4) is 0 Å². The van der Waals surface area contributed by atoms with Gasteiger partial charge in [0.15, 0.2) is 0 Å². The molecule has 0 aliphatic rings. The van der Waals surface area contributed by atoms with Crippen molar-refractivity contribution in [2.75, 3.05) is 6.61 Å². The van der Waals surface area contributed by atoms with Crippen molar-refractivity contribution in [2.24, 2.45) is 5.92 Å². The number of aromatic amines is 1. The maximum Gasteiger partial charge on any atom is 0.268 e. The SMILES string of the molecule is CC(CO)C(C)NC(=O)c1cc(Cl)c(Cl)[nH]1. The highest BCUT2D eigenvalue weighted by Gasteiger charge is 2.17. The maximum absolute atomic E-state index is 11.7. The number of aliphatic hydroxyl groups excluding tert-OH is 1. The predicted octanol–water partition coefficient (Wildman–Crippen LogP) is 2.07. The number of carbonyl (C=O) groups is 1. The number of halogens is 2. The van der Waals surface area contributed by atoms with Gasteiger partial charge < -0.3 is 15.4 Å². The molecule has 1 heterocycles. The number of amides is 1. The monoisotopic (exact) mass is 264 g/mol. The van der Waals surface area contributed by atoms with Gasteiger partial charge in [0, 0.05) is 12.6 Å². The zero-order valence-electron chi connectivity index (χ0n) is 9.05.